The molecular formula is C13H10Cl2N2O4S. The van der Waals surface area contributed by atoms with Crippen molar-refractivity contribution in [3.8, 4) is 0 Å². The van der Waals surface area contributed by atoms with Crippen LogP contribution in [0.1, 0.15) is 5.56 Å². The molecule has 0 heterocycles. The smallest absolute Gasteiger partial charge is 0.275 e. The number of rotatable bonds is 4. The summed E-state index contributed by atoms with van der Waals surface area (Å²) in [6, 6.07) is 8.36. The zero-order valence-corrected chi connectivity index (χ0v) is 13.5. The van der Waals surface area contributed by atoms with Gasteiger partial charge in [0, 0.05) is 11.6 Å². The van der Waals surface area contributed by atoms with Gasteiger partial charge in [-0.1, -0.05) is 35.3 Å². The topological polar surface area (TPSA) is 89.3 Å². The van der Waals surface area contributed by atoms with Gasteiger partial charge in [0.15, 0.2) is 0 Å². The number of nitrogens with one attached hydrogen (secondary N) is 1. The molecule has 0 amide bonds. The molecule has 0 bridgehead atoms. The van der Waals surface area contributed by atoms with Gasteiger partial charge in [-0.3, -0.25) is 14.8 Å². The minimum Gasteiger partial charge on any atom is -0.278 e. The molecule has 116 valence electrons. The highest BCUT2D eigenvalue weighted by Crippen LogP contribution is 2.31. The highest BCUT2D eigenvalue weighted by Gasteiger charge is 2.23. The van der Waals surface area contributed by atoms with Crippen LogP contribution in [0.15, 0.2) is 41.3 Å². The standard InChI is InChI=1S/C13H10Cl2N2O4S/c1-8-11(15)6-9(7-13(8)17(18)19)22(20,21)16-12-5-3-2-4-10(12)14/h2-7,16H,1H3. The monoisotopic (exact) mass is 360 g/mol. The van der Waals surface area contributed by atoms with E-state index in [2.05, 4.69) is 4.72 Å². The summed E-state index contributed by atoms with van der Waals surface area (Å²) in [5.74, 6) is 0. The van der Waals surface area contributed by atoms with Crippen molar-refractivity contribution in [1.82, 2.24) is 0 Å². The third-order valence-electron chi connectivity index (χ3n) is 2.92. The minimum absolute atomic E-state index is 0.00580. The Balaban J connectivity index is 2.51. The molecule has 2 rings (SSSR count). The van der Waals surface area contributed by atoms with E-state index in [1.165, 1.54) is 19.1 Å². The zero-order chi connectivity index (χ0) is 16.5. The Bertz CT molecular complexity index is 853. The number of nitro benzene ring substituents is 1. The molecular weight excluding hydrogens is 351 g/mol. The normalized spacial score (nSPS) is 11.2. The van der Waals surface area contributed by atoms with Gasteiger partial charge in [0.2, 0.25) is 0 Å². The fraction of sp³-hybridized carbons (Fsp3) is 0.0769. The Labute approximate surface area is 136 Å². The summed E-state index contributed by atoms with van der Waals surface area (Å²) in [5, 5.41) is 11.2. The zero-order valence-electron chi connectivity index (χ0n) is 11.2. The van der Waals surface area contributed by atoms with E-state index >= 15 is 0 Å². The number of nitrogens with zero attached hydrogens (tertiary/aromatic N) is 1. The molecule has 0 saturated carbocycles. The van der Waals surface area contributed by atoms with Crippen molar-refractivity contribution in [2.75, 3.05) is 4.72 Å². The van der Waals surface area contributed by atoms with Gasteiger partial charge in [0.25, 0.3) is 15.7 Å². The Hall–Kier alpha value is -1.83. The Kier molecular flexibility index (Phi) is 4.60. The maximum atomic E-state index is 12.3. The lowest BCUT2D eigenvalue weighted by atomic mass is 10.2. The number of hydrogen-bond donors (Lipinski definition) is 1. The van der Waals surface area contributed by atoms with E-state index in [-0.39, 0.29) is 31.9 Å². The molecule has 0 radical (unpaired) electrons. The summed E-state index contributed by atoms with van der Waals surface area (Å²) >= 11 is 11.8. The maximum Gasteiger partial charge on any atom is 0.275 e. The summed E-state index contributed by atoms with van der Waals surface area (Å²) in [7, 11) is -4.05. The number of para-hydroxylation sites is 1. The van der Waals surface area contributed by atoms with Crippen molar-refractivity contribution in [2.24, 2.45) is 0 Å². The summed E-state index contributed by atoms with van der Waals surface area (Å²) in [6.45, 7) is 1.44. The van der Waals surface area contributed by atoms with Crippen molar-refractivity contribution in [2.45, 2.75) is 11.8 Å². The van der Waals surface area contributed by atoms with Gasteiger partial charge in [-0.15, -0.1) is 0 Å². The first-order valence-corrected chi connectivity index (χ1v) is 8.18. The van der Waals surface area contributed by atoms with Gasteiger partial charge in [0.05, 0.1) is 25.6 Å². The van der Waals surface area contributed by atoms with Gasteiger partial charge in [-0.25, -0.2) is 8.42 Å². The summed E-state index contributed by atoms with van der Waals surface area (Å²) < 4.78 is 27.0. The van der Waals surface area contributed by atoms with E-state index in [1.807, 2.05) is 0 Å². The summed E-state index contributed by atoms with van der Waals surface area (Å²) in [4.78, 5) is 9.98. The predicted octanol–water partition coefficient (Wildman–Crippen LogP) is 4.01. The Morgan fingerprint density at radius 2 is 1.77 bits per heavy atom. The van der Waals surface area contributed by atoms with E-state index in [9.17, 15) is 18.5 Å². The molecule has 22 heavy (non-hydrogen) atoms. The van der Waals surface area contributed by atoms with Gasteiger partial charge in [-0.2, -0.15) is 0 Å². The van der Waals surface area contributed by atoms with E-state index in [4.69, 9.17) is 23.2 Å². The molecule has 0 aliphatic carbocycles. The van der Waals surface area contributed by atoms with Crippen LogP contribution in [-0.2, 0) is 10.0 Å². The molecule has 0 aliphatic heterocycles. The van der Waals surface area contributed by atoms with Crippen LogP contribution in [0, 0.1) is 17.0 Å². The lowest BCUT2D eigenvalue weighted by Gasteiger charge is -2.10. The number of halogens is 2. The molecule has 0 saturated heterocycles. The fourth-order valence-corrected chi connectivity index (χ4v) is 3.38. The molecule has 0 fully saturated rings. The van der Waals surface area contributed by atoms with Crippen LogP contribution in [0.5, 0.6) is 0 Å². The lowest BCUT2D eigenvalue weighted by molar-refractivity contribution is -0.385. The highest BCUT2D eigenvalue weighted by molar-refractivity contribution is 7.92. The number of hydrogen-bond acceptors (Lipinski definition) is 4. The van der Waals surface area contributed by atoms with Gasteiger partial charge >= 0.3 is 0 Å². The first-order chi connectivity index (χ1) is 10.2. The molecule has 2 aromatic rings. The first kappa shape index (κ1) is 16.5. The largest absolute Gasteiger partial charge is 0.278 e. The first-order valence-electron chi connectivity index (χ1n) is 5.94. The van der Waals surface area contributed by atoms with Gasteiger partial charge < -0.3 is 0 Å². The van der Waals surface area contributed by atoms with Crippen LogP contribution in [0.2, 0.25) is 10.0 Å². The quantitative estimate of drug-likeness (QED) is 0.658. The SMILES string of the molecule is Cc1c(Cl)cc(S(=O)(=O)Nc2ccccc2Cl)cc1[N+](=O)[O-]. The molecule has 0 spiro atoms. The molecule has 0 unspecified atom stereocenters. The second-order valence-corrected chi connectivity index (χ2v) is 6.89. The minimum atomic E-state index is -4.05. The van der Waals surface area contributed by atoms with Crippen molar-refractivity contribution in [3.63, 3.8) is 0 Å². The van der Waals surface area contributed by atoms with Gasteiger partial charge in [0.1, 0.15) is 0 Å². The number of benzene rings is 2. The van der Waals surface area contributed by atoms with Crippen molar-refractivity contribution >= 4 is 44.6 Å². The average Bonchev–Trinajstić information content (AvgIpc) is 2.43. The molecule has 0 aliphatic rings. The van der Waals surface area contributed by atoms with Crippen LogP contribution >= 0.6 is 23.2 Å². The average molecular weight is 361 g/mol. The van der Waals surface area contributed by atoms with E-state index in [0.717, 1.165) is 12.1 Å². The summed E-state index contributed by atoms with van der Waals surface area (Å²) in [5.41, 5.74) is -0.00101. The molecule has 6 nitrogen and oxygen atoms in total. The van der Waals surface area contributed by atoms with Crippen LogP contribution in [0.4, 0.5) is 11.4 Å². The molecule has 9 heteroatoms. The maximum absolute atomic E-state index is 12.3. The number of nitro groups is 1. The number of sulfonamides is 1. The van der Waals surface area contributed by atoms with Crippen LogP contribution < -0.4 is 4.72 Å². The Morgan fingerprint density at radius 3 is 2.36 bits per heavy atom. The van der Waals surface area contributed by atoms with Crippen molar-refractivity contribution in [3.05, 3.63) is 62.1 Å². The molecule has 0 atom stereocenters. The van der Waals surface area contributed by atoms with Gasteiger partial charge in [-0.05, 0) is 25.1 Å². The van der Waals surface area contributed by atoms with E-state index < -0.39 is 14.9 Å². The summed E-state index contributed by atoms with van der Waals surface area (Å²) in [6.07, 6.45) is 0. The van der Waals surface area contributed by atoms with Crippen LogP contribution in [0.3, 0.4) is 0 Å². The van der Waals surface area contributed by atoms with Crippen molar-refractivity contribution in [1.29, 1.82) is 0 Å². The highest BCUT2D eigenvalue weighted by atomic mass is 35.5. The second kappa shape index (κ2) is 6.12. The van der Waals surface area contributed by atoms with Crippen molar-refractivity contribution < 1.29 is 13.3 Å². The van der Waals surface area contributed by atoms with Crippen LogP contribution in [0.25, 0.3) is 0 Å². The molecule has 0 aromatic heterocycles. The third-order valence-corrected chi connectivity index (χ3v) is 4.98. The van der Waals surface area contributed by atoms with E-state index in [1.54, 1.807) is 12.1 Å². The second-order valence-electron chi connectivity index (χ2n) is 4.39. The molecule has 1 N–H and O–H groups in total. The predicted molar refractivity (Wildman–Crippen MR) is 85.1 cm³/mol. The lowest BCUT2D eigenvalue weighted by Crippen LogP contribution is -2.14. The van der Waals surface area contributed by atoms with E-state index in [0.29, 0.717) is 0 Å². The number of anilines is 1. The fourth-order valence-electron chi connectivity index (χ4n) is 1.73. The Morgan fingerprint density at radius 1 is 1.14 bits per heavy atom. The van der Waals surface area contributed by atoms with Crippen LogP contribution in [-0.4, -0.2) is 13.3 Å². The molecule has 2 aromatic carbocycles. The third kappa shape index (κ3) is 3.32.